The Morgan fingerprint density at radius 1 is 0.283 bits per heavy atom. The third-order valence-corrected chi connectivity index (χ3v) is 11.8. The first-order valence-corrected chi connectivity index (χ1v) is 20.6. The summed E-state index contributed by atoms with van der Waals surface area (Å²) in [5.74, 6) is 0. The molecule has 282 valence electrons. The van der Waals surface area contributed by atoms with Crippen molar-refractivity contribution in [3.8, 4) is 50.2 Å². The Bertz CT molecular complexity index is 3240. The summed E-state index contributed by atoms with van der Waals surface area (Å²) in [4.78, 5) is 2.40. The molecule has 11 aromatic rings. The molecule has 0 amide bonds. The maximum absolute atomic E-state index is 2.42. The highest BCUT2D eigenvalue weighted by atomic mass is 15.1. The molecule has 1 aromatic heterocycles. The molecule has 0 bridgehead atoms. The Balaban J connectivity index is 1.01. The van der Waals surface area contributed by atoms with Gasteiger partial charge >= 0.3 is 0 Å². The summed E-state index contributed by atoms with van der Waals surface area (Å²) in [6.45, 7) is 0. The molecule has 0 spiro atoms. The molecule has 60 heavy (non-hydrogen) atoms. The van der Waals surface area contributed by atoms with Crippen LogP contribution in [0.2, 0.25) is 0 Å². The van der Waals surface area contributed by atoms with Crippen LogP contribution in [0.1, 0.15) is 0 Å². The van der Waals surface area contributed by atoms with Crippen LogP contribution < -0.4 is 4.90 Å². The van der Waals surface area contributed by atoms with Crippen LogP contribution in [0.4, 0.5) is 17.1 Å². The number of aromatic nitrogens is 1. The molecule has 0 atom stereocenters. The number of hydrogen-bond acceptors (Lipinski definition) is 1. The summed E-state index contributed by atoms with van der Waals surface area (Å²) in [5.41, 5.74) is 16.4. The molecule has 0 saturated carbocycles. The minimum absolute atomic E-state index is 1.09. The van der Waals surface area contributed by atoms with Crippen LogP contribution in [-0.4, -0.2) is 4.57 Å². The van der Waals surface area contributed by atoms with Crippen molar-refractivity contribution in [3.63, 3.8) is 0 Å². The summed E-state index contributed by atoms with van der Waals surface area (Å²) in [6, 6.07) is 87.8. The van der Waals surface area contributed by atoms with Crippen molar-refractivity contribution in [1.82, 2.24) is 4.57 Å². The van der Waals surface area contributed by atoms with Crippen LogP contribution in [0.3, 0.4) is 0 Å². The molecule has 10 aromatic carbocycles. The third-order valence-electron chi connectivity index (χ3n) is 11.8. The fourth-order valence-corrected chi connectivity index (χ4v) is 8.98. The highest BCUT2D eigenvalue weighted by Gasteiger charge is 2.19. The quantitative estimate of drug-likeness (QED) is 0.150. The largest absolute Gasteiger partial charge is 0.310 e. The standard InChI is InChI=1S/C58H40N2/c1-2-16-41(17-3-1)42-32-36-47(37-33-42)59(56-29-11-7-24-52(56)51-27-15-19-44-18-4-5-22-49(44)51)48-38-34-43(35-39-48)45-20-14-21-46(40-45)50-23-6-10-28-55(50)60-57-30-12-8-25-53(57)54-26-9-13-31-58(54)60/h1-40H. The van der Waals surface area contributed by atoms with E-state index < -0.39 is 0 Å². The van der Waals surface area contributed by atoms with E-state index in [4.69, 9.17) is 0 Å². The van der Waals surface area contributed by atoms with E-state index in [0.29, 0.717) is 0 Å². The van der Waals surface area contributed by atoms with Gasteiger partial charge in [0.1, 0.15) is 0 Å². The van der Waals surface area contributed by atoms with E-state index in [0.717, 1.165) is 22.6 Å². The molecule has 0 aliphatic carbocycles. The van der Waals surface area contributed by atoms with Gasteiger partial charge in [-0.3, -0.25) is 0 Å². The highest BCUT2D eigenvalue weighted by molar-refractivity contribution is 6.10. The van der Waals surface area contributed by atoms with E-state index in [2.05, 4.69) is 252 Å². The lowest BCUT2D eigenvalue weighted by Crippen LogP contribution is -2.11. The number of benzene rings is 10. The molecule has 0 radical (unpaired) electrons. The number of hydrogen-bond donors (Lipinski definition) is 0. The first-order chi connectivity index (χ1) is 29.8. The molecule has 0 aliphatic heterocycles. The zero-order chi connectivity index (χ0) is 39.8. The molecule has 1 heterocycles. The minimum atomic E-state index is 1.09. The molecule has 11 rings (SSSR count). The zero-order valence-corrected chi connectivity index (χ0v) is 33.0. The van der Waals surface area contributed by atoms with E-state index in [1.165, 1.54) is 77.2 Å². The normalized spacial score (nSPS) is 11.3. The van der Waals surface area contributed by atoms with Gasteiger partial charge in [0.15, 0.2) is 0 Å². The van der Waals surface area contributed by atoms with E-state index in [1.54, 1.807) is 0 Å². The number of anilines is 3. The Morgan fingerprint density at radius 2 is 0.750 bits per heavy atom. The average molecular weight is 765 g/mol. The molecule has 0 unspecified atom stereocenters. The number of fused-ring (bicyclic) bond motifs is 4. The SMILES string of the molecule is c1ccc(-c2ccc(N(c3ccc(-c4cccc(-c5ccccc5-n5c6ccccc6c6ccccc65)c4)cc3)c3ccccc3-c3cccc4ccccc34)cc2)cc1. The smallest absolute Gasteiger partial charge is 0.0541 e. The Labute approximate surface area is 350 Å². The van der Waals surface area contributed by atoms with Gasteiger partial charge in [0.25, 0.3) is 0 Å². The molecule has 2 nitrogen and oxygen atoms in total. The highest BCUT2D eigenvalue weighted by Crippen LogP contribution is 2.44. The maximum Gasteiger partial charge on any atom is 0.0541 e. The van der Waals surface area contributed by atoms with Crippen LogP contribution in [-0.2, 0) is 0 Å². The van der Waals surface area contributed by atoms with Crippen molar-refractivity contribution < 1.29 is 0 Å². The summed E-state index contributed by atoms with van der Waals surface area (Å²) >= 11 is 0. The second-order valence-corrected chi connectivity index (χ2v) is 15.3. The van der Waals surface area contributed by atoms with Gasteiger partial charge in [-0.15, -0.1) is 0 Å². The lowest BCUT2D eigenvalue weighted by Gasteiger charge is -2.28. The van der Waals surface area contributed by atoms with Gasteiger partial charge in [-0.2, -0.15) is 0 Å². The fourth-order valence-electron chi connectivity index (χ4n) is 8.98. The van der Waals surface area contributed by atoms with Crippen molar-refractivity contribution in [2.75, 3.05) is 4.90 Å². The molecule has 0 fully saturated rings. The van der Waals surface area contributed by atoms with Gasteiger partial charge in [-0.25, -0.2) is 0 Å². The van der Waals surface area contributed by atoms with Gasteiger partial charge in [-0.05, 0) is 98.8 Å². The topological polar surface area (TPSA) is 8.17 Å². The first-order valence-electron chi connectivity index (χ1n) is 20.6. The predicted molar refractivity (Wildman–Crippen MR) is 255 cm³/mol. The number of para-hydroxylation sites is 4. The van der Waals surface area contributed by atoms with Crippen LogP contribution in [0.25, 0.3) is 82.8 Å². The minimum Gasteiger partial charge on any atom is -0.310 e. The van der Waals surface area contributed by atoms with Crippen molar-refractivity contribution in [2.24, 2.45) is 0 Å². The van der Waals surface area contributed by atoms with Gasteiger partial charge in [0, 0.05) is 33.3 Å². The average Bonchev–Trinajstić information content (AvgIpc) is 3.67. The van der Waals surface area contributed by atoms with Gasteiger partial charge < -0.3 is 9.47 Å². The van der Waals surface area contributed by atoms with E-state index in [1.807, 2.05) is 0 Å². The van der Waals surface area contributed by atoms with Crippen molar-refractivity contribution in [3.05, 3.63) is 243 Å². The van der Waals surface area contributed by atoms with Crippen LogP contribution in [0.5, 0.6) is 0 Å². The summed E-state index contributed by atoms with van der Waals surface area (Å²) < 4.78 is 2.42. The third kappa shape index (κ3) is 6.23. The van der Waals surface area contributed by atoms with E-state index in [-0.39, 0.29) is 0 Å². The molecular weight excluding hydrogens is 725 g/mol. The summed E-state index contributed by atoms with van der Waals surface area (Å²) in [6.07, 6.45) is 0. The Morgan fingerprint density at radius 3 is 1.47 bits per heavy atom. The van der Waals surface area contributed by atoms with E-state index in [9.17, 15) is 0 Å². The lowest BCUT2D eigenvalue weighted by molar-refractivity contribution is 1.18. The second-order valence-electron chi connectivity index (χ2n) is 15.3. The maximum atomic E-state index is 2.42. The predicted octanol–water partition coefficient (Wildman–Crippen LogP) is 16.1. The lowest BCUT2D eigenvalue weighted by atomic mass is 9.95. The van der Waals surface area contributed by atoms with E-state index >= 15 is 0 Å². The van der Waals surface area contributed by atoms with Crippen LogP contribution >= 0.6 is 0 Å². The monoisotopic (exact) mass is 764 g/mol. The molecule has 0 saturated heterocycles. The van der Waals surface area contributed by atoms with Gasteiger partial charge in [0.2, 0.25) is 0 Å². The fraction of sp³-hybridized carbons (Fsp3) is 0. The molecule has 0 N–H and O–H groups in total. The molecule has 0 aliphatic rings. The van der Waals surface area contributed by atoms with Crippen LogP contribution in [0, 0.1) is 0 Å². The Kier molecular flexibility index (Phi) is 8.87. The summed E-state index contributed by atoms with van der Waals surface area (Å²) in [5, 5.41) is 4.99. The van der Waals surface area contributed by atoms with Crippen molar-refractivity contribution >= 4 is 49.6 Å². The number of rotatable bonds is 8. The molecular formula is C58H40N2. The second kappa shape index (κ2) is 15.1. The Hall–Kier alpha value is -7.94. The van der Waals surface area contributed by atoms with Crippen LogP contribution in [0.15, 0.2) is 243 Å². The number of nitrogens with zero attached hydrogens (tertiary/aromatic N) is 2. The first kappa shape index (κ1) is 35.2. The summed E-state index contributed by atoms with van der Waals surface area (Å²) in [7, 11) is 0. The molecule has 2 heteroatoms. The zero-order valence-electron chi connectivity index (χ0n) is 33.0. The van der Waals surface area contributed by atoms with Crippen molar-refractivity contribution in [1.29, 1.82) is 0 Å². The van der Waals surface area contributed by atoms with Gasteiger partial charge in [0.05, 0.1) is 22.4 Å². The van der Waals surface area contributed by atoms with Gasteiger partial charge in [-0.1, -0.05) is 188 Å². The van der Waals surface area contributed by atoms with Crippen molar-refractivity contribution in [2.45, 2.75) is 0 Å².